The highest BCUT2D eigenvalue weighted by Crippen LogP contribution is 2.34. The van der Waals surface area contributed by atoms with Crippen molar-refractivity contribution in [2.75, 3.05) is 15.5 Å². The molecule has 3 amide bonds. The number of imide groups is 1. The third kappa shape index (κ3) is 4.74. The summed E-state index contributed by atoms with van der Waals surface area (Å²) in [5, 5.41) is 6.18. The number of para-hydroxylation sites is 1. The molecule has 0 aliphatic carbocycles. The van der Waals surface area contributed by atoms with Gasteiger partial charge in [-0.05, 0) is 72.9 Å². The summed E-state index contributed by atoms with van der Waals surface area (Å²) in [4.78, 5) is 39.8. The van der Waals surface area contributed by atoms with Crippen LogP contribution in [0.2, 0.25) is 5.02 Å². The summed E-state index contributed by atoms with van der Waals surface area (Å²) in [6.07, 6.45) is 1.61. The first-order valence-electron chi connectivity index (χ1n) is 11.6. The van der Waals surface area contributed by atoms with Crippen molar-refractivity contribution < 1.29 is 14.4 Å². The molecule has 1 aliphatic heterocycles. The van der Waals surface area contributed by atoms with Crippen LogP contribution in [0.3, 0.4) is 0 Å². The molecule has 0 fully saturated rings. The van der Waals surface area contributed by atoms with Gasteiger partial charge in [0.15, 0.2) is 0 Å². The van der Waals surface area contributed by atoms with E-state index in [1.807, 2.05) is 18.2 Å². The third-order valence-electron chi connectivity index (χ3n) is 6.16. The number of hydrogen-bond donors (Lipinski definition) is 2. The molecule has 0 radical (unpaired) electrons. The van der Waals surface area contributed by atoms with Crippen molar-refractivity contribution in [2.24, 2.45) is 0 Å². The smallest absolute Gasteiger partial charge is 0.283 e. The number of anilines is 3. The number of aryl methyl sites for hydroxylation is 2. The molecule has 3 aromatic carbocycles. The number of hydrogen-bond acceptors (Lipinski definition) is 4. The monoisotopic (exact) mass is 521 g/mol. The average Bonchev–Trinajstić information content (AvgIpc) is 3.09. The molecule has 0 saturated heterocycles. The van der Waals surface area contributed by atoms with Crippen molar-refractivity contribution in [1.29, 1.82) is 0 Å². The Morgan fingerprint density at radius 2 is 1.47 bits per heavy atom. The van der Waals surface area contributed by atoms with Gasteiger partial charge in [-0.1, -0.05) is 61.3 Å². The minimum atomic E-state index is -0.633. The molecule has 1 heterocycles. The molecule has 6 nitrogen and oxygen atoms in total. The Bertz CT molecular complexity index is 1380. The lowest BCUT2D eigenvalue weighted by Crippen LogP contribution is -2.32. The largest absolute Gasteiger partial charge is 0.350 e. The van der Waals surface area contributed by atoms with Gasteiger partial charge in [-0.3, -0.25) is 14.4 Å². The van der Waals surface area contributed by atoms with Crippen LogP contribution >= 0.6 is 23.2 Å². The molecule has 0 saturated carbocycles. The molecule has 0 unspecified atom stereocenters. The van der Waals surface area contributed by atoms with E-state index in [1.165, 1.54) is 0 Å². The van der Waals surface area contributed by atoms with Gasteiger partial charge in [0, 0.05) is 22.0 Å². The minimum Gasteiger partial charge on any atom is -0.350 e. The number of amides is 3. The van der Waals surface area contributed by atoms with Gasteiger partial charge in [0.25, 0.3) is 17.7 Å². The molecule has 3 aromatic rings. The van der Waals surface area contributed by atoms with E-state index in [2.05, 4.69) is 24.5 Å². The fraction of sp³-hybridized carbons (Fsp3) is 0.179. The number of carbonyl (C=O) groups excluding carboxylic acids is 3. The third-order valence-corrected chi connectivity index (χ3v) is 6.92. The van der Waals surface area contributed by atoms with Gasteiger partial charge in [-0.2, -0.15) is 0 Å². The van der Waals surface area contributed by atoms with Crippen LogP contribution in [0.1, 0.15) is 40.9 Å². The number of carbonyl (C=O) groups is 3. The Balaban J connectivity index is 1.52. The Kier molecular flexibility index (Phi) is 7.48. The van der Waals surface area contributed by atoms with Gasteiger partial charge >= 0.3 is 0 Å². The highest BCUT2D eigenvalue weighted by atomic mass is 35.5. The van der Waals surface area contributed by atoms with E-state index < -0.39 is 11.8 Å². The van der Waals surface area contributed by atoms with Crippen molar-refractivity contribution in [1.82, 2.24) is 0 Å². The molecule has 0 spiro atoms. The predicted molar refractivity (Wildman–Crippen MR) is 145 cm³/mol. The number of benzene rings is 3. The Hall–Kier alpha value is -3.61. The van der Waals surface area contributed by atoms with E-state index in [0.717, 1.165) is 34.6 Å². The van der Waals surface area contributed by atoms with Crippen LogP contribution in [0.4, 0.5) is 17.1 Å². The highest BCUT2D eigenvalue weighted by Gasteiger charge is 2.39. The summed E-state index contributed by atoms with van der Waals surface area (Å²) >= 11 is 12.4. The molecule has 184 valence electrons. The molecule has 4 rings (SSSR count). The second kappa shape index (κ2) is 10.6. The maximum absolute atomic E-state index is 13.1. The standard InChI is InChI=1S/C28H25Cl2N3O3/c1-4-17-8-6-9-18(5-2)24(17)32-26(34)19-12-14-20(15-13-19)31-25-23(30)27(35)33(28(25)36)22-11-7-10-21(29)16(22)3/h6-15,31H,4-5H2,1-3H3,(H,32,34). The molecule has 0 bridgehead atoms. The molecule has 0 aromatic heterocycles. The fourth-order valence-electron chi connectivity index (χ4n) is 4.11. The van der Waals surface area contributed by atoms with Crippen LogP contribution in [-0.4, -0.2) is 17.7 Å². The topological polar surface area (TPSA) is 78.5 Å². The van der Waals surface area contributed by atoms with E-state index in [1.54, 1.807) is 49.4 Å². The van der Waals surface area contributed by atoms with Gasteiger partial charge in [-0.25, -0.2) is 4.90 Å². The minimum absolute atomic E-state index is 0.0392. The van der Waals surface area contributed by atoms with Crippen LogP contribution < -0.4 is 15.5 Å². The van der Waals surface area contributed by atoms with Gasteiger partial charge in [0.05, 0.1) is 5.69 Å². The number of nitrogens with zero attached hydrogens (tertiary/aromatic N) is 1. The maximum atomic E-state index is 13.1. The van der Waals surface area contributed by atoms with Gasteiger partial charge in [0.2, 0.25) is 0 Å². The van der Waals surface area contributed by atoms with Gasteiger partial charge in [-0.15, -0.1) is 0 Å². The Morgan fingerprint density at radius 3 is 2.08 bits per heavy atom. The number of rotatable bonds is 7. The van der Waals surface area contributed by atoms with Crippen molar-refractivity contribution >= 4 is 58.0 Å². The van der Waals surface area contributed by atoms with E-state index in [9.17, 15) is 14.4 Å². The summed E-state index contributed by atoms with van der Waals surface area (Å²) < 4.78 is 0. The molecule has 1 aliphatic rings. The lowest BCUT2D eigenvalue weighted by molar-refractivity contribution is -0.120. The van der Waals surface area contributed by atoms with Crippen molar-refractivity contribution in [3.63, 3.8) is 0 Å². The first-order chi connectivity index (χ1) is 17.3. The van der Waals surface area contributed by atoms with E-state index in [-0.39, 0.29) is 16.6 Å². The lowest BCUT2D eigenvalue weighted by Gasteiger charge is -2.18. The molecule has 2 N–H and O–H groups in total. The summed E-state index contributed by atoms with van der Waals surface area (Å²) in [6.45, 7) is 5.83. The quantitative estimate of drug-likeness (QED) is 0.349. The summed E-state index contributed by atoms with van der Waals surface area (Å²) in [5.41, 5.74) is 4.89. The second-order valence-corrected chi connectivity index (χ2v) is 9.12. The SMILES string of the molecule is CCc1cccc(CC)c1NC(=O)c1ccc(NC2=C(Cl)C(=O)N(c3cccc(Cl)c3C)C2=O)cc1. The first-order valence-corrected chi connectivity index (χ1v) is 12.3. The zero-order valence-electron chi connectivity index (χ0n) is 20.1. The van der Waals surface area contributed by atoms with Gasteiger partial charge < -0.3 is 10.6 Å². The number of nitrogens with one attached hydrogen (secondary N) is 2. The number of halogens is 2. The molecular formula is C28H25Cl2N3O3. The van der Waals surface area contributed by atoms with E-state index in [0.29, 0.717) is 27.5 Å². The van der Waals surface area contributed by atoms with Crippen LogP contribution in [0.15, 0.2) is 71.4 Å². The van der Waals surface area contributed by atoms with Crippen molar-refractivity contribution in [2.45, 2.75) is 33.6 Å². The zero-order chi connectivity index (χ0) is 26.0. The molecule has 8 heteroatoms. The zero-order valence-corrected chi connectivity index (χ0v) is 21.6. The summed E-state index contributed by atoms with van der Waals surface area (Å²) in [7, 11) is 0. The summed E-state index contributed by atoms with van der Waals surface area (Å²) in [6, 6.07) is 17.6. The second-order valence-electron chi connectivity index (χ2n) is 8.33. The molecular weight excluding hydrogens is 497 g/mol. The van der Waals surface area contributed by atoms with Crippen LogP contribution in [0.5, 0.6) is 0 Å². The maximum Gasteiger partial charge on any atom is 0.283 e. The van der Waals surface area contributed by atoms with Gasteiger partial charge in [0.1, 0.15) is 10.7 Å². The Morgan fingerprint density at radius 1 is 0.861 bits per heavy atom. The normalized spacial score (nSPS) is 13.4. The van der Waals surface area contributed by atoms with E-state index >= 15 is 0 Å². The first kappa shape index (κ1) is 25.5. The molecule has 36 heavy (non-hydrogen) atoms. The van der Waals surface area contributed by atoms with Crippen molar-refractivity contribution in [3.05, 3.63) is 98.7 Å². The average molecular weight is 522 g/mol. The highest BCUT2D eigenvalue weighted by molar-refractivity contribution is 6.53. The van der Waals surface area contributed by atoms with Crippen LogP contribution in [0.25, 0.3) is 0 Å². The summed E-state index contributed by atoms with van der Waals surface area (Å²) in [5.74, 6) is -1.45. The molecule has 0 atom stereocenters. The lowest BCUT2D eigenvalue weighted by atomic mass is 10.0. The predicted octanol–water partition coefficient (Wildman–Crippen LogP) is 6.46. The Labute approximate surface area is 219 Å². The van der Waals surface area contributed by atoms with Crippen LogP contribution in [-0.2, 0) is 22.4 Å². The van der Waals surface area contributed by atoms with Crippen molar-refractivity contribution in [3.8, 4) is 0 Å². The fourth-order valence-corrected chi connectivity index (χ4v) is 4.49. The van der Waals surface area contributed by atoms with E-state index in [4.69, 9.17) is 23.2 Å². The van der Waals surface area contributed by atoms with Crippen LogP contribution in [0, 0.1) is 6.92 Å².